The molecule has 0 aromatic heterocycles. The Kier molecular flexibility index (Phi) is 3.39. The van der Waals surface area contributed by atoms with Crippen molar-refractivity contribution in [3.05, 3.63) is 70.8 Å². The van der Waals surface area contributed by atoms with E-state index in [0.29, 0.717) is 5.92 Å². The zero-order chi connectivity index (χ0) is 13.2. The highest BCUT2D eigenvalue weighted by molar-refractivity contribution is 5.35. The normalized spacial score (nSPS) is 16.9. The van der Waals surface area contributed by atoms with Crippen LogP contribution in [-0.4, -0.2) is 5.11 Å². The maximum Gasteiger partial charge on any atom is 0.104 e. The quantitative estimate of drug-likeness (QED) is 0.861. The number of aryl methyl sites for hydroxylation is 1. The van der Waals surface area contributed by atoms with Gasteiger partial charge in [-0.15, -0.1) is 0 Å². The summed E-state index contributed by atoms with van der Waals surface area (Å²) >= 11 is 0. The van der Waals surface area contributed by atoms with Crippen molar-refractivity contribution >= 4 is 0 Å². The standard InChI is InChI=1S/C18H20O/c1-13-5-2-9-16(11-13)18(19)17-10-4-8-15(12-17)14-6-3-7-14/h2,4-5,8-12,14,18-19H,3,6-7H2,1H3. The van der Waals surface area contributed by atoms with Gasteiger partial charge in [0.2, 0.25) is 0 Å². The van der Waals surface area contributed by atoms with Gasteiger partial charge in [-0.05, 0) is 42.4 Å². The van der Waals surface area contributed by atoms with E-state index in [1.807, 2.05) is 18.2 Å². The van der Waals surface area contributed by atoms with Crippen molar-refractivity contribution in [1.82, 2.24) is 0 Å². The summed E-state index contributed by atoms with van der Waals surface area (Å²) < 4.78 is 0. The predicted molar refractivity (Wildman–Crippen MR) is 78.3 cm³/mol. The molecule has 0 bridgehead atoms. The molecule has 19 heavy (non-hydrogen) atoms. The molecule has 2 aromatic carbocycles. The van der Waals surface area contributed by atoms with E-state index in [9.17, 15) is 5.11 Å². The maximum atomic E-state index is 10.5. The molecule has 1 saturated carbocycles. The number of benzene rings is 2. The average molecular weight is 252 g/mol. The van der Waals surface area contributed by atoms with Crippen molar-refractivity contribution in [2.24, 2.45) is 0 Å². The third kappa shape index (κ3) is 2.57. The summed E-state index contributed by atoms with van der Waals surface area (Å²) in [5.74, 6) is 0.713. The van der Waals surface area contributed by atoms with Crippen LogP contribution in [0.2, 0.25) is 0 Å². The zero-order valence-electron chi connectivity index (χ0n) is 11.3. The van der Waals surface area contributed by atoms with Crippen molar-refractivity contribution in [2.45, 2.75) is 38.2 Å². The van der Waals surface area contributed by atoms with Crippen LogP contribution in [0.25, 0.3) is 0 Å². The fourth-order valence-corrected chi connectivity index (χ4v) is 2.76. The van der Waals surface area contributed by atoms with Gasteiger partial charge in [0.05, 0.1) is 0 Å². The van der Waals surface area contributed by atoms with Crippen molar-refractivity contribution in [2.75, 3.05) is 0 Å². The summed E-state index contributed by atoms with van der Waals surface area (Å²) in [5.41, 5.74) is 4.56. The van der Waals surface area contributed by atoms with Crippen LogP contribution in [-0.2, 0) is 0 Å². The van der Waals surface area contributed by atoms with Gasteiger partial charge >= 0.3 is 0 Å². The van der Waals surface area contributed by atoms with Crippen molar-refractivity contribution in [1.29, 1.82) is 0 Å². The number of rotatable bonds is 3. The molecule has 1 aliphatic carbocycles. The Bertz CT molecular complexity index is 569. The van der Waals surface area contributed by atoms with Gasteiger partial charge in [0.25, 0.3) is 0 Å². The lowest BCUT2D eigenvalue weighted by atomic mass is 9.79. The SMILES string of the molecule is Cc1cccc(C(O)c2cccc(C3CCC3)c2)c1. The van der Waals surface area contributed by atoms with Gasteiger partial charge in [-0.3, -0.25) is 0 Å². The Balaban J connectivity index is 1.88. The summed E-state index contributed by atoms with van der Waals surface area (Å²) in [6.45, 7) is 2.06. The number of hydrogen-bond acceptors (Lipinski definition) is 1. The molecule has 1 N–H and O–H groups in total. The topological polar surface area (TPSA) is 20.2 Å². The highest BCUT2D eigenvalue weighted by Gasteiger charge is 2.20. The van der Waals surface area contributed by atoms with Gasteiger partial charge < -0.3 is 5.11 Å². The number of aliphatic hydroxyl groups excluding tert-OH is 1. The first-order valence-electron chi connectivity index (χ1n) is 7.08. The minimum Gasteiger partial charge on any atom is -0.384 e. The molecule has 0 amide bonds. The van der Waals surface area contributed by atoms with E-state index in [-0.39, 0.29) is 0 Å². The first kappa shape index (κ1) is 12.4. The van der Waals surface area contributed by atoms with Crippen LogP contribution in [0.1, 0.15) is 53.5 Å². The van der Waals surface area contributed by atoms with Crippen LogP contribution in [0.15, 0.2) is 48.5 Å². The predicted octanol–water partition coefficient (Wildman–Crippen LogP) is 4.34. The van der Waals surface area contributed by atoms with Gasteiger partial charge in [0, 0.05) is 0 Å². The molecule has 1 unspecified atom stereocenters. The van der Waals surface area contributed by atoms with Crippen LogP contribution in [0, 0.1) is 6.92 Å². The van der Waals surface area contributed by atoms with E-state index in [1.54, 1.807) is 0 Å². The monoisotopic (exact) mass is 252 g/mol. The van der Waals surface area contributed by atoms with Crippen LogP contribution in [0.4, 0.5) is 0 Å². The third-order valence-electron chi connectivity index (χ3n) is 4.16. The molecule has 1 heteroatoms. The van der Waals surface area contributed by atoms with Gasteiger partial charge in [0.15, 0.2) is 0 Å². The molecular weight excluding hydrogens is 232 g/mol. The molecular formula is C18H20O. The van der Waals surface area contributed by atoms with Gasteiger partial charge in [-0.1, -0.05) is 60.5 Å². The highest BCUT2D eigenvalue weighted by Crippen LogP contribution is 2.37. The molecule has 3 rings (SSSR count). The average Bonchev–Trinajstić information content (AvgIpc) is 2.36. The van der Waals surface area contributed by atoms with E-state index in [2.05, 4.69) is 37.3 Å². The minimum absolute atomic E-state index is 0.514. The van der Waals surface area contributed by atoms with Crippen LogP contribution in [0.3, 0.4) is 0 Å². The molecule has 0 aliphatic heterocycles. The summed E-state index contributed by atoms with van der Waals surface area (Å²) in [5, 5.41) is 10.5. The van der Waals surface area contributed by atoms with Crippen LogP contribution >= 0.6 is 0 Å². The Morgan fingerprint density at radius 3 is 2.32 bits per heavy atom. The second kappa shape index (κ2) is 5.18. The lowest BCUT2D eigenvalue weighted by Gasteiger charge is -2.26. The number of aliphatic hydroxyl groups is 1. The van der Waals surface area contributed by atoms with E-state index in [0.717, 1.165) is 11.1 Å². The lowest BCUT2D eigenvalue weighted by molar-refractivity contribution is 0.220. The molecule has 1 aliphatic rings. The minimum atomic E-state index is -0.514. The molecule has 0 spiro atoms. The molecule has 0 heterocycles. The number of hydrogen-bond donors (Lipinski definition) is 1. The summed E-state index contributed by atoms with van der Waals surface area (Å²) in [6, 6.07) is 16.6. The molecule has 98 valence electrons. The smallest absolute Gasteiger partial charge is 0.104 e. The molecule has 0 saturated heterocycles. The van der Waals surface area contributed by atoms with E-state index in [4.69, 9.17) is 0 Å². The van der Waals surface area contributed by atoms with E-state index >= 15 is 0 Å². The fraction of sp³-hybridized carbons (Fsp3) is 0.333. The molecule has 1 nitrogen and oxygen atoms in total. The Morgan fingerprint density at radius 1 is 1.00 bits per heavy atom. The van der Waals surface area contributed by atoms with E-state index in [1.165, 1.54) is 30.4 Å². The second-order valence-electron chi connectivity index (χ2n) is 5.61. The van der Waals surface area contributed by atoms with Gasteiger partial charge in [-0.2, -0.15) is 0 Å². The Morgan fingerprint density at radius 2 is 1.68 bits per heavy atom. The van der Waals surface area contributed by atoms with Crippen molar-refractivity contribution in [3.8, 4) is 0 Å². The fourth-order valence-electron chi connectivity index (χ4n) is 2.76. The second-order valence-corrected chi connectivity index (χ2v) is 5.61. The van der Waals surface area contributed by atoms with Gasteiger partial charge in [-0.25, -0.2) is 0 Å². The third-order valence-corrected chi connectivity index (χ3v) is 4.16. The van der Waals surface area contributed by atoms with Crippen LogP contribution in [0.5, 0.6) is 0 Å². The largest absolute Gasteiger partial charge is 0.384 e. The van der Waals surface area contributed by atoms with Gasteiger partial charge in [0.1, 0.15) is 6.10 Å². The first-order chi connectivity index (χ1) is 9.24. The highest BCUT2D eigenvalue weighted by atomic mass is 16.3. The molecule has 0 radical (unpaired) electrons. The Hall–Kier alpha value is -1.60. The zero-order valence-corrected chi connectivity index (χ0v) is 11.3. The van der Waals surface area contributed by atoms with Crippen molar-refractivity contribution < 1.29 is 5.11 Å². The Labute approximate surface area is 114 Å². The summed E-state index contributed by atoms with van der Waals surface area (Å²) in [7, 11) is 0. The molecule has 2 aromatic rings. The molecule has 1 fully saturated rings. The summed E-state index contributed by atoms with van der Waals surface area (Å²) in [6.07, 6.45) is 3.42. The first-order valence-corrected chi connectivity index (χ1v) is 7.08. The maximum absolute atomic E-state index is 10.5. The van der Waals surface area contributed by atoms with Crippen molar-refractivity contribution in [3.63, 3.8) is 0 Å². The van der Waals surface area contributed by atoms with Crippen LogP contribution < -0.4 is 0 Å². The van der Waals surface area contributed by atoms with E-state index < -0.39 is 6.10 Å². The summed E-state index contributed by atoms with van der Waals surface area (Å²) in [4.78, 5) is 0. The molecule has 1 atom stereocenters. The lowest BCUT2D eigenvalue weighted by Crippen LogP contribution is -2.09.